The van der Waals surface area contributed by atoms with Gasteiger partial charge in [-0.05, 0) is 30.7 Å². The Morgan fingerprint density at radius 1 is 1.44 bits per heavy atom. The van der Waals surface area contributed by atoms with Crippen molar-refractivity contribution >= 4 is 5.91 Å². The molecule has 1 aliphatic heterocycles. The van der Waals surface area contributed by atoms with Gasteiger partial charge in [0, 0.05) is 13.0 Å². The van der Waals surface area contributed by atoms with E-state index in [1.54, 1.807) is 4.90 Å². The van der Waals surface area contributed by atoms with Gasteiger partial charge >= 0.3 is 0 Å². The van der Waals surface area contributed by atoms with E-state index in [1.807, 2.05) is 0 Å². The molecular formula is C17H21FN4O3. The van der Waals surface area contributed by atoms with Crippen LogP contribution in [-0.2, 0) is 16.0 Å². The Hall–Kier alpha value is -2.48. The number of morpholine rings is 1. The molecule has 134 valence electrons. The van der Waals surface area contributed by atoms with E-state index in [2.05, 4.69) is 22.1 Å². The highest BCUT2D eigenvalue weighted by Gasteiger charge is 2.28. The molecule has 1 saturated heterocycles. The van der Waals surface area contributed by atoms with Crippen LogP contribution in [-0.4, -0.2) is 52.3 Å². The van der Waals surface area contributed by atoms with Gasteiger partial charge in [0.1, 0.15) is 23.5 Å². The van der Waals surface area contributed by atoms with E-state index in [1.165, 1.54) is 24.3 Å². The minimum atomic E-state index is -0.344. The number of aryl methyl sites for hydroxylation is 1. The van der Waals surface area contributed by atoms with Crippen molar-refractivity contribution in [3.05, 3.63) is 41.7 Å². The molecule has 7 nitrogen and oxygen atoms in total. The number of benzene rings is 1. The van der Waals surface area contributed by atoms with Crippen molar-refractivity contribution in [2.45, 2.75) is 25.9 Å². The Kier molecular flexibility index (Phi) is 5.60. The highest BCUT2D eigenvalue weighted by molar-refractivity contribution is 5.77. The number of nitrogens with one attached hydrogen (secondary N) is 1. The van der Waals surface area contributed by atoms with Crippen molar-refractivity contribution in [3.63, 3.8) is 0 Å². The molecule has 1 aromatic heterocycles. The smallest absolute Gasteiger partial charge is 0.260 e. The first kappa shape index (κ1) is 17.3. The Morgan fingerprint density at radius 3 is 3.00 bits per heavy atom. The third-order valence-corrected chi connectivity index (χ3v) is 3.92. The lowest BCUT2D eigenvalue weighted by Gasteiger charge is -2.31. The van der Waals surface area contributed by atoms with Crippen LogP contribution in [0.3, 0.4) is 0 Å². The molecule has 1 fully saturated rings. The number of amides is 1. The molecule has 8 heteroatoms. The quantitative estimate of drug-likeness (QED) is 0.862. The fourth-order valence-electron chi connectivity index (χ4n) is 2.60. The summed E-state index contributed by atoms with van der Waals surface area (Å²) < 4.78 is 24.0. The number of aromatic nitrogens is 3. The molecule has 0 unspecified atom stereocenters. The maximum absolute atomic E-state index is 12.9. The summed E-state index contributed by atoms with van der Waals surface area (Å²) >= 11 is 0. The molecular weight excluding hydrogens is 327 g/mol. The average Bonchev–Trinajstić information content (AvgIpc) is 3.10. The molecule has 25 heavy (non-hydrogen) atoms. The monoisotopic (exact) mass is 348 g/mol. The Morgan fingerprint density at radius 2 is 2.24 bits per heavy atom. The second-order valence-corrected chi connectivity index (χ2v) is 5.83. The second-order valence-electron chi connectivity index (χ2n) is 5.83. The van der Waals surface area contributed by atoms with Gasteiger partial charge in [-0.2, -0.15) is 5.10 Å². The van der Waals surface area contributed by atoms with E-state index >= 15 is 0 Å². The van der Waals surface area contributed by atoms with E-state index in [4.69, 9.17) is 9.47 Å². The summed E-state index contributed by atoms with van der Waals surface area (Å²) in [6, 6.07) is 5.57. The van der Waals surface area contributed by atoms with Crippen LogP contribution >= 0.6 is 0 Å². The Bertz CT molecular complexity index is 704. The number of ether oxygens (including phenoxy) is 2. The fourth-order valence-corrected chi connectivity index (χ4v) is 2.60. The zero-order valence-corrected chi connectivity index (χ0v) is 14.1. The average molecular weight is 348 g/mol. The summed E-state index contributed by atoms with van der Waals surface area (Å²) in [5.41, 5.74) is 0. The summed E-state index contributed by atoms with van der Waals surface area (Å²) in [4.78, 5) is 18.4. The van der Waals surface area contributed by atoms with Crippen LogP contribution < -0.4 is 4.74 Å². The normalized spacial score (nSPS) is 17.5. The van der Waals surface area contributed by atoms with E-state index < -0.39 is 0 Å². The summed E-state index contributed by atoms with van der Waals surface area (Å²) in [5.74, 6) is 1.35. The van der Waals surface area contributed by atoms with Crippen LogP contribution in [0.2, 0.25) is 0 Å². The molecule has 1 amide bonds. The van der Waals surface area contributed by atoms with Crippen molar-refractivity contribution < 1.29 is 18.7 Å². The first-order valence-electron chi connectivity index (χ1n) is 8.34. The van der Waals surface area contributed by atoms with Gasteiger partial charge in [0.2, 0.25) is 0 Å². The summed E-state index contributed by atoms with van der Waals surface area (Å²) in [7, 11) is 0. The number of hydrogen-bond donors (Lipinski definition) is 1. The lowest BCUT2D eigenvalue weighted by atomic mass is 10.2. The first-order chi connectivity index (χ1) is 12.2. The molecule has 3 rings (SSSR count). The molecule has 2 heterocycles. The number of carbonyl (C=O) groups excluding carboxylic acids is 1. The number of aromatic amines is 1. The van der Waals surface area contributed by atoms with Crippen molar-refractivity contribution in [2.24, 2.45) is 0 Å². The fraction of sp³-hybridized carbons (Fsp3) is 0.471. The minimum absolute atomic E-state index is 0.104. The van der Waals surface area contributed by atoms with E-state index in [9.17, 15) is 9.18 Å². The molecule has 0 radical (unpaired) electrons. The van der Waals surface area contributed by atoms with Gasteiger partial charge in [0.05, 0.1) is 13.2 Å². The van der Waals surface area contributed by atoms with E-state index in [0.29, 0.717) is 31.3 Å². The zero-order chi connectivity index (χ0) is 17.6. The van der Waals surface area contributed by atoms with Crippen molar-refractivity contribution in [1.29, 1.82) is 0 Å². The molecule has 1 N–H and O–H groups in total. The van der Waals surface area contributed by atoms with E-state index in [0.717, 1.165) is 18.7 Å². The maximum atomic E-state index is 12.9. The van der Waals surface area contributed by atoms with E-state index in [-0.39, 0.29) is 24.4 Å². The van der Waals surface area contributed by atoms with Gasteiger partial charge in [-0.1, -0.05) is 6.92 Å². The standard InChI is InChI=1S/C17H21FN4O3/c1-2-3-15-19-17(21-20-15)14-10-22(8-9-24-14)16(23)11-25-13-6-4-12(18)5-7-13/h4-7,14H,2-3,8-11H2,1H3,(H,19,20,21)/t14-/m0/s1. The van der Waals surface area contributed by atoms with Gasteiger partial charge in [-0.3, -0.25) is 9.89 Å². The summed E-state index contributed by atoms with van der Waals surface area (Å²) in [6.07, 6.45) is 1.46. The molecule has 1 aliphatic rings. The number of carbonyl (C=O) groups is 1. The third kappa shape index (κ3) is 4.54. The van der Waals surface area contributed by atoms with Gasteiger partial charge < -0.3 is 14.4 Å². The van der Waals surface area contributed by atoms with Crippen LogP contribution in [0, 0.1) is 5.82 Å². The lowest BCUT2D eigenvalue weighted by Crippen LogP contribution is -2.44. The topological polar surface area (TPSA) is 80.3 Å². The molecule has 0 saturated carbocycles. The summed E-state index contributed by atoms with van der Waals surface area (Å²) in [5, 5.41) is 7.09. The first-order valence-corrected chi connectivity index (χ1v) is 8.34. The molecule has 0 bridgehead atoms. The predicted molar refractivity (Wildman–Crippen MR) is 87.5 cm³/mol. The molecule has 1 atom stereocenters. The molecule has 0 spiro atoms. The minimum Gasteiger partial charge on any atom is -0.484 e. The maximum Gasteiger partial charge on any atom is 0.260 e. The van der Waals surface area contributed by atoms with Crippen molar-refractivity contribution in [1.82, 2.24) is 20.1 Å². The lowest BCUT2D eigenvalue weighted by molar-refractivity contribution is -0.141. The Labute approximate surface area is 145 Å². The van der Waals surface area contributed by atoms with Crippen LogP contribution in [0.15, 0.2) is 24.3 Å². The van der Waals surface area contributed by atoms with Gasteiger partial charge in [0.25, 0.3) is 5.91 Å². The second kappa shape index (κ2) is 8.06. The zero-order valence-electron chi connectivity index (χ0n) is 14.1. The van der Waals surface area contributed by atoms with Gasteiger partial charge in [-0.25, -0.2) is 9.37 Å². The molecule has 2 aromatic rings. The summed E-state index contributed by atoms with van der Waals surface area (Å²) in [6.45, 7) is 3.27. The number of nitrogens with zero attached hydrogens (tertiary/aromatic N) is 3. The largest absolute Gasteiger partial charge is 0.484 e. The van der Waals surface area contributed by atoms with Gasteiger partial charge in [-0.15, -0.1) is 0 Å². The number of rotatable bonds is 6. The van der Waals surface area contributed by atoms with Crippen molar-refractivity contribution in [3.8, 4) is 5.75 Å². The van der Waals surface area contributed by atoms with Crippen LogP contribution in [0.5, 0.6) is 5.75 Å². The van der Waals surface area contributed by atoms with Crippen LogP contribution in [0.25, 0.3) is 0 Å². The number of H-pyrrole nitrogens is 1. The highest BCUT2D eigenvalue weighted by atomic mass is 19.1. The van der Waals surface area contributed by atoms with Gasteiger partial charge in [0.15, 0.2) is 12.4 Å². The number of hydrogen-bond acceptors (Lipinski definition) is 5. The van der Waals surface area contributed by atoms with Crippen LogP contribution in [0.1, 0.15) is 31.1 Å². The number of halogens is 1. The highest BCUT2D eigenvalue weighted by Crippen LogP contribution is 2.20. The molecule has 1 aromatic carbocycles. The van der Waals surface area contributed by atoms with Crippen molar-refractivity contribution in [2.75, 3.05) is 26.3 Å². The van der Waals surface area contributed by atoms with Crippen LogP contribution in [0.4, 0.5) is 4.39 Å². The predicted octanol–water partition coefficient (Wildman–Crippen LogP) is 1.88. The Balaban J connectivity index is 1.54. The SMILES string of the molecule is CCCc1nc([C@@H]2CN(C(=O)COc3ccc(F)cc3)CCO2)n[nH]1. The molecule has 0 aliphatic carbocycles. The third-order valence-electron chi connectivity index (χ3n) is 3.92.